The first-order valence-corrected chi connectivity index (χ1v) is 8.36. The monoisotopic (exact) mass is 311 g/mol. The standard InChI is InChI=1S/C19H22FN3/c20-18-11-16(15-3-7-21-8-4-15)1-2-17(18)12-23-10-6-19(14-23)5-9-22-13-19/h1-4,7-8,11,22H,5-6,9-10,12-14H2. The van der Waals surface area contributed by atoms with Gasteiger partial charge in [0, 0.05) is 37.6 Å². The molecule has 1 unspecified atom stereocenters. The van der Waals surface area contributed by atoms with Crippen molar-refractivity contribution >= 4 is 0 Å². The van der Waals surface area contributed by atoms with Gasteiger partial charge in [-0.05, 0) is 60.7 Å². The topological polar surface area (TPSA) is 28.2 Å². The Labute approximate surface area is 136 Å². The quantitative estimate of drug-likeness (QED) is 0.944. The highest BCUT2D eigenvalue weighted by molar-refractivity contribution is 5.63. The first kappa shape index (κ1) is 14.8. The van der Waals surface area contributed by atoms with Crippen LogP contribution in [0, 0.1) is 11.2 Å². The normalized spacial score (nSPS) is 24.6. The van der Waals surface area contributed by atoms with E-state index in [2.05, 4.69) is 15.2 Å². The van der Waals surface area contributed by atoms with E-state index in [1.807, 2.05) is 24.3 Å². The maximum atomic E-state index is 14.5. The van der Waals surface area contributed by atoms with Gasteiger partial charge in [0.05, 0.1) is 0 Å². The van der Waals surface area contributed by atoms with Crippen LogP contribution in [0.4, 0.5) is 4.39 Å². The first-order chi connectivity index (χ1) is 11.2. The average Bonchev–Trinajstić information content (AvgIpc) is 3.20. The number of benzene rings is 1. The minimum absolute atomic E-state index is 0.107. The molecule has 0 bridgehead atoms. The van der Waals surface area contributed by atoms with E-state index in [1.165, 1.54) is 12.8 Å². The zero-order chi connectivity index (χ0) is 15.7. The Bertz CT molecular complexity index is 680. The number of pyridine rings is 1. The Hall–Kier alpha value is -1.78. The summed E-state index contributed by atoms with van der Waals surface area (Å²) in [6, 6.07) is 9.41. The van der Waals surface area contributed by atoms with Gasteiger partial charge in [-0.15, -0.1) is 0 Å². The number of nitrogens with zero attached hydrogens (tertiary/aromatic N) is 2. The van der Waals surface area contributed by atoms with Gasteiger partial charge in [0.2, 0.25) is 0 Å². The third-order valence-corrected chi connectivity index (χ3v) is 5.31. The number of hydrogen-bond donors (Lipinski definition) is 1. The molecule has 2 aliphatic heterocycles. The Kier molecular flexibility index (Phi) is 3.87. The molecule has 23 heavy (non-hydrogen) atoms. The van der Waals surface area contributed by atoms with Gasteiger partial charge in [0.25, 0.3) is 0 Å². The van der Waals surface area contributed by atoms with Crippen molar-refractivity contribution in [2.24, 2.45) is 5.41 Å². The molecule has 4 heteroatoms. The minimum Gasteiger partial charge on any atom is -0.316 e. The van der Waals surface area contributed by atoms with E-state index in [4.69, 9.17) is 0 Å². The molecule has 0 saturated carbocycles. The van der Waals surface area contributed by atoms with Crippen LogP contribution in [0.15, 0.2) is 42.7 Å². The molecule has 0 radical (unpaired) electrons. The van der Waals surface area contributed by atoms with Gasteiger partial charge >= 0.3 is 0 Å². The molecule has 2 aliphatic rings. The smallest absolute Gasteiger partial charge is 0.128 e. The van der Waals surface area contributed by atoms with Crippen LogP contribution >= 0.6 is 0 Å². The molecule has 1 atom stereocenters. The molecule has 1 aromatic heterocycles. The van der Waals surface area contributed by atoms with Gasteiger partial charge < -0.3 is 5.32 Å². The van der Waals surface area contributed by atoms with Crippen molar-refractivity contribution in [3.05, 3.63) is 54.1 Å². The molecule has 1 spiro atoms. The third kappa shape index (κ3) is 3.01. The van der Waals surface area contributed by atoms with Crippen molar-refractivity contribution in [3.8, 4) is 11.1 Å². The molecule has 4 rings (SSSR count). The predicted octanol–water partition coefficient (Wildman–Crippen LogP) is 3.07. The van der Waals surface area contributed by atoms with E-state index in [-0.39, 0.29) is 5.82 Å². The number of likely N-dealkylation sites (tertiary alicyclic amines) is 1. The van der Waals surface area contributed by atoms with Crippen LogP contribution < -0.4 is 5.32 Å². The lowest BCUT2D eigenvalue weighted by molar-refractivity contribution is 0.266. The molecule has 3 nitrogen and oxygen atoms in total. The van der Waals surface area contributed by atoms with Crippen molar-refractivity contribution in [2.75, 3.05) is 26.2 Å². The largest absolute Gasteiger partial charge is 0.316 e. The molecular formula is C19H22FN3. The van der Waals surface area contributed by atoms with Gasteiger partial charge in [-0.25, -0.2) is 4.39 Å². The van der Waals surface area contributed by atoms with Crippen molar-refractivity contribution in [1.29, 1.82) is 0 Å². The Morgan fingerprint density at radius 3 is 2.74 bits per heavy atom. The predicted molar refractivity (Wildman–Crippen MR) is 89.4 cm³/mol. The van der Waals surface area contributed by atoms with Crippen LogP contribution in [0.3, 0.4) is 0 Å². The number of nitrogens with one attached hydrogen (secondary N) is 1. The lowest BCUT2D eigenvalue weighted by atomic mass is 9.86. The summed E-state index contributed by atoms with van der Waals surface area (Å²) in [5.74, 6) is -0.107. The summed E-state index contributed by atoms with van der Waals surface area (Å²) in [6.07, 6.45) is 5.96. The zero-order valence-corrected chi connectivity index (χ0v) is 13.3. The summed E-state index contributed by atoms with van der Waals surface area (Å²) in [5, 5.41) is 3.47. The highest BCUT2D eigenvalue weighted by Gasteiger charge is 2.40. The maximum Gasteiger partial charge on any atom is 0.128 e. The molecule has 0 amide bonds. The van der Waals surface area contributed by atoms with Crippen molar-refractivity contribution in [2.45, 2.75) is 19.4 Å². The highest BCUT2D eigenvalue weighted by atomic mass is 19.1. The Morgan fingerprint density at radius 2 is 2.00 bits per heavy atom. The first-order valence-electron chi connectivity index (χ1n) is 8.36. The third-order valence-electron chi connectivity index (χ3n) is 5.31. The average molecular weight is 311 g/mol. The molecule has 3 heterocycles. The second-order valence-electron chi connectivity index (χ2n) is 6.93. The summed E-state index contributed by atoms with van der Waals surface area (Å²) in [7, 11) is 0. The van der Waals surface area contributed by atoms with E-state index in [9.17, 15) is 4.39 Å². The van der Waals surface area contributed by atoms with Crippen molar-refractivity contribution in [3.63, 3.8) is 0 Å². The van der Waals surface area contributed by atoms with Crippen molar-refractivity contribution < 1.29 is 4.39 Å². The molecule has 1 N–H and O–H groups in total. The number of aromatic nitrogens is 1. The number of rotatable bonds is 3. The van der Waals surface area contributed by atoms with Crippen LogP contribution in [-0.2, 0) is 6.54 Å². The summed E-state index contributed by atoms with van der Waals surface area (Å²) in [6.45, 7) is 5.12. The molecule has 2 aromatic rings. The van der Waals surface area contributed by atoms with Crippen LogP contribution in [0.5, 0.6) is 0 Å². The lowest BCUT2D eigenvalue weighted by Crippen LogP contribution is -2.29. The van der Waals surface area contributed by atoms with Gasteiger partial charge in [-0.3, -0.25) is 9.88 Å². The summed E-state index contributed by atoms with van der Waals surface area (Å²) < 4.78 is 14.5. The number of hydrogen-bond acceptors (Lipinski definition) is 3. The van der Waals surface area contributed by atoms with E-state index in [1.54, 1.807) is 18.5 Å². The van der Waals surface area contributed by atoms with Gasteiger partial charge in [-0.2, -0.15) is 0 Å². The second-order valence-corrected chi connectivity index (χ2v) is 6.93. The van der Waals surface area contributed by atoms with Gasteiger partial charge in [0.1, 0.15) is 5.82 Å². The van der Waals surface area contributed by atoms with Crippen LogP contribution in [0.25, 0.3) is 11.1 Å². The zero-order valence-electron chi connectivity index (χ0n) is 13.3. The molecule has 120 valence electrons. The number of halogens is 1. The fourth-order valence-electron chi connectivity index (χ4n) is 3.95. The van der Waals surface area contributed by atoms with E-state index >= 15 is 0 Å². The molecule has 2 fully saturated rings. The Morgan fingerprint density at radius 1 is 1.13 bits per heavy atom. The van der Waals surface area contributed by atoms with Crippen molar-refractivity contribution in [1.82, 2.24) is 15.2 Å². The van der Waals surface area contributed by atoms with Gasteiger partial charge in [-0.1, -0.05) is 12.1 Å². The van der Waals surface area contributed by atoms with E-state index in [0.29, 0.717) is 12.0 Å². The minimum atomic E-state index is -0.107. The fourth-order valence-corrected chi connectivity index (χ4v) is 3.95. The summed E-state index contributed by atoms with van der Waals surface area (Å²) in [4.78, 5) is 6.41. The van der Waals surface area contributed by atoms with Crippen LogP contribution in [-0.4, -0.2) is 36.1 Å². The lowest BCUT2D eigenvalue weighted by Gasteiger charge is -2.23. The Balaban J connectivity index is 1.48. The van der Waals surface area contributed by atoms with E-state index in [0.717, 1.165) is 42.9 Å². The van der Waals surface area contributed by atoms with E-state index < -0.39 is 0 Å². The SMILES string of the molecule is Fc1cc(-c2ccncc2)ccc1CN1CCC2(CCNC2)C1. The summed E-state index contributed by atoms with van der Waals surface area (Å²) in [5.41, 5.74) is 3.15. The molecule has 1 aromatic carbocycles. The summed E-state index contributed by atoms with van der Waals surface area (Å²) >= 11 is 0. The highest BCUT2D eigenvalue weighted by Crippen LogP contribution is 2.36. The van der Waals surface area contributed by atoms with Crippen LogP contribution in [0.2, 0.25) is 0 Å². The van der Waals surface area contributed by atoms with Crippen LogP contribution in [0.1, 0.15) is 18.4 Å². The maximum absolute atomic E-state index is 14.5. The second kappa shape index (κ2) is 6.02. The van der Waals surface area contributed by atoms with Gasteiger partial charge in [0.15, 0.2) is 0 Å². The molecule has 0 aliphatic carbocycles. The fraction of sp³-hybridized carbons (Fsp3) is 0.421. The molecule has 2 saturated heterocycles. The molecular weight excluding hydrogens is 289 g/mol.